The first-order valence-corrected chi connectivity index (χ1v) is 7.18. The molecule has 0 saturated carbocycles. The van der Waals surface area contributed by atoms with E-state index in [9.17, 15) is 9.59 Å². The molecule has 1 fully saturated rings. The monoisotopic (exact) mass is 217 g/mol. The summed E-state index contributed by atoms with van der Waals surface area (Å²) in [5.74, 6) is -1.57. The molecule has 1 heterocycles. The zero-order chi connectivity index (χ0) is 10.7. The lowest BCUT2D eigenvalue weighted by Gasteiger charge is -2.15. The Morgan fingerprint density at radius 3 is 2.79 bits per heavy atom. The highest BCUT2D eigenvalue weighted by molar-refractivity contribution is 6.48. The summed E-state index contributed by atoms with van der Waals surface area (Å²) >= 11 is 0. The van der Waals surface area contributed by atoms with E-state index in [0.717, 1.165) is 0 Å². The molecule has 1 aliphatic rings. The molecular formula is C8H15NO4Si. The zero-order valence-corrected chi connectivity index (χ0v) is 9.30. The van der Waals surface area contributed by atoms with Crippen LogP contribution in [0.25, 0.3) is 0 Å². The molecule has 80 valence electrons. The number of hydrogen-bond donors (Lipinski definition) is 2. The second-order valence-electron chi connectivity index (χ2n) is 3.72. The Hall–Kier alpha value is -0.883. The summed E-state index contributed by atoms with van der Waals surface area (Å²) in [6, 6.07) is 0.637. The summed E-state index contributed by atoms with van der Waals surface area (Å²) in [6.45, 7) is 2.59. The van der Waals surface area contributed by atoms with Crippen LogP contribution >= 0.6 is 0 Å². The average Bonchev–Trinajstić information content (AvgIpc) is 2.43. The van der Waals surface area contributed by atoms with Gasteiger partial charge >= 0.3 is 5.97 Å². The lowest BCUT2D eigenvalue weighted by Crippen LogP contribution is -2.29. The van der Waals surface area contributed by atoms with Crippen LogP contribution in [0, 0.1) is 5.92 Å². The molecule has 5 nitrogen and oxygen atoms in total. The van der Waals surface area contributed by atoms with Crippen molar-refractivity contribution in [2.24, 2.45) is 5.92 Å². The smallest absolute Gasteiger partial charge is 0.308 e. The maximum atomic E-state index is 11.3. The molecule has 1 saturated heterocycles. The van der Waals surface area contributed by atoms with E-state index in [1.807, 2.05) is 0 Å². The number of nitrogens with zero attached hydrogens (tertiary/aromatic N) is 1. The number of carbonyl (C=O) groups excluding carboxylic acids is 1. The molecule has 0 aliphatic carbocycles. The lowest BCUT2D eigenvalue weighted by atomic mass is 10.1. The number of aliphatic carboxylic acids is 1. The van der Waals surface area contributed by atoms with Gasteiger partial charge in [-0.2, -0.15) is 0 Å². The summed E-state index contributed by atoms with van der Waals surface area (Å²) < 4.78 is 0. The number of likely N-dealkylation sites (tertiary alicyclic amines) is 1. The number of carboxylic acids is 1. The second-order valence-corrected chi connectivity index (χ2v) is 5.99. The van der Waals surface area contributed by atoms with Crippen LogP contribution in [0.1, 0.15) is 6.42 Å². The summed E-state index contributed by atoms with van der Waals surface area (Å²) in [6.07, 6.45) is 0.108. The van der Waals surface area contributed by atoms with Crippen molar-refractivity contribution in [2.75, 3.05) is 13.1 Å². The van der Waals surface area contributed by atoms with Gasteiger partial charge in [-0.3, -0.25) is 9.59 Å². The predicted octanol–water partition coefficient (Wildman–Crippen LogP) is -0.735. The van der Waals surface area contributed by atoms with Gasteiger partial charge in [0.05, 0.1) is 5.92 Å². The topological polar surface area (TPSA) is 77.8 Å². The van der Waals surface area contributed by atoms with Crippen LogP contribution in [0.5, 0.6) is 0 Å². The molecule has 2 atom stereocenters. The highest BCUT2D eigenvalue weighted by atomic mass is 28.3. The minimum absolute atomic E-state index is 0.105. The minimum Gasteiger partial charge on any atom is -0.481 e. The zero-order valence-electron chi connectivity index (χ0n) is 8.14. The van der Waals surface area contributed by atoms with Crippen molar-refractivity contribution in [1.82, 2.24) is 4.90 Å². The third kappa shape index (κ3) is 2.81. The van der Waals surface area contributed by atoms with E-state index in [1.165, 1.54) is 0 Å². The van der Waals surface area contributed by atoms with Gasteiger partial charge in [0.15, 0.2) is 9.04 Å². The molecule has 0 spiro atoms. The minimum atomic E-state index is -1.64. The van der Waals surface area contributed by atoms with Crippen molar-refractivity contribution in [3.63, 3.8) is 0 Å². The van der Waals surface area contributed by atoms with E-state index < -0.39 is 20.9 Å². The van der Waals surface area contributed by atoms with Crippen LogP contribution in [0.15, 0.2) is 0 Å². The number of rotatable bonds is 4. The second kappa shape index (κ2) is 4.56. The fourth-order valence-corrected chi connectivity index (χ4v) is 2.18. The summed E-state index contributed by atoms with van der Waals surface area (Å²) in [5, 5.41) is 8.71. The molecule has 0 aromatic heterocycles. The standard InChI is InChI=1S/C8H15NO4Si/c1-14(13)3-2-9-5-6(8(11)12)4-7(9)10/h6,13-14H,2-5H2,1H3,(H,11,12). The Morgan fingerprint density at radius 2 is 2.36 bits per heavy atom. The van der Waals surface area contributed by atoms with Crippen molar-refractivity contribution in [3.05, 3.63) is 0 Å². The Morgan fingerprint density at radius 1 is 1.71 bits per heavy atom. The number of hydrogen-bond acceptors (Lipinski definition) is 3. The SMILES string of the molecule is C[SiH](O)CCN1CC(C(=O)O)CC1=O. The quantitative estimate of drug-likeness (QED) is 0.608. The Balaban J connectivity index is 2.41. The molecule has 1 rings (SSSR count). The van der Waals surface area contributed by atoms with Gasteiger partial charge in [0.1, 0.15) is 0 Å². The van der Waals surface area contributed by atoms with Crippen LogP contribution in [0.3, 0.4) is 0 Å². The fraction of sp³-hybridized carbons (Fsp3) is 0.750. The highest BCUT2D eigenvalue weighted by Gasteiger charge is 2.33. The third-order valence-electron chi connectivity index (χ3n) is 2.38. The van der Waals surface area contributed by atoms with Gasteiger partial charge in [0.25, 0.3) is 0 Å². The Bertz CT molecular complexity index is 243. The first-order chi connectivity index (χ1) is 6.50. The lowest BCUT2D eigenvalue weighted by molar-refractivity contribution is -0.141. The molecule has 2 N–H and O–H groups in total. The fourth-order valence-electron chi connectivity index (χ4n) is 1.50. The number of carbonyl (C=O) groups is 2. The summed E-state index contributed by atoms with van der Waals surface area (Å²) in [5.41, 5.74) is 0. The summed E-state index contributed by atoms with van der Waals surface area (Å²) in [4.78, 5) is 32.6. The molecule has 0 radical (unpaired) electrons. The molecule has 0 bridgehead atoms. The van der Waals surface area contributed by atoms with E-state index in [-0.39, 0.29) is 12.3 Å². The van der Waals surface area contributed by atoms with Gasteiger partial charge in [-0.25, -0.2) is 0 Å². The van der Waals surface area contributed by atoms with Gasteiger partial charge in [0, 0.05) is 19.5 Å². The largest absolute Gasteiger partial charge is 0.481 e. The normalized spacial score (nSPS) is 24.0. The predicted molar refractivity (Wildman–Crippen MR) is 52.4 cm³/mol. The van der Waals surface area contributed by atoms with Gasteiger partial charge in [-0.1, -0.05) is 0 Å². The van der Waals surface area contributed by atoms with E-state index in [4.69, 9.17) is 9.90 Å². The van der Waals surface area contributed by atoms with E-state index in [2.05, 4.69) is 0 Å². The van der Waals surface area contributed by atoms with Gasteiger partial charge in [-0.15, -0.1) is 0 Å². The van der Waals surface area contributed by atoms with Crippen LogP contribution in [0.2, 0.25) is 12.6 Å². The van der Waals surface area contributed by atoms with Crippen LogP contribution in [-0.2, 0) is 9.59 Å². The van der Waals surface area contributed by atoms with Gasteiger partial charge < -0.3 is 14.8 Å². The first-order valence-electron chi connectivity index (χ1n) is 4.69. The Kier molecular flexibility index (Phi) is 3.65. The highest BCUT2D eigenvalue weighted by Crippen LogP contribution is 2.18. The molecule has 0 aromatic rings. The Labute approximate surface area is 84.1 Å². The van der Waals surface area contributed by atoms with Crippen LogP contribution in [-0.4, -0.2) is 48.8 Å². The van der Waals surface area contributed by atoms with Crippen molar-refractivity contribution in [2.45, 2.75) is 19.0 Å². The molecule has 0 aromatic carbocycles. The third-order valence-corrected chi connectivity index (χ3v) is 3.47. The molecule has 2 unspecified atom stereocenters. The average molecular weight is 217 g/mol. The van der Waals surface area contributed by atoms with Gasteiger partial charge in [0.2, 0.25) is 5.91 Å². The van der Waals surface area contributed by atoms with Crippen molar-refractivity contribution < 1.29 is 19.5 Å². The van der Waals surface area contributed by atoms with Gasteiger partial charge in [-0.05, 0) is 12.6 Å². The van der Waals surface area contributed by atoms with E-state index in [1.54, 1.807) is 11.4 Å². The molecule has 6 heteroatoms. The molecule has 1 amide bonds. The van der Waals surface area contributed by atoms with E-state index in [0.29, 0.717) is 19.1 Å². The number of amides is 1. The molecule has 14 heavy (non-hydrogen) atoms. The van der Waals surface area contributed by atoms with E-state index >= 15 is 0 Å². The van der Waals surface area contributed by atoms with Crippen molar-refractivity contribution in [3.8, 4) is 0 Å². The molecular weight excluding hydrogens is 202 g/mol. The molecule has 1 aliphatic heterocycles. The van der Waals surface area contributed by atoms with Crippen molar-refractivity contribution in [1.29, 1.82) is 0 Å². The maximum Gasteiger partial charge on any atom is 0.308 e. The van der Waals surface area contributed by atoms with Crippen LogP contribution < -0.4 is 0 Å². The maximum absolute atomic E-state index is 11.3. The van der Waals surface area contributed by atoms with Crippen LogP contribution in [0.4, 0.5) is 0 Å². The van der Waals surface area contributed by atoms with Crippen molar-refractivity contribution >= 4 is 20.9 Å². The first kappa shape index (κ1) is 11.2. The number of carboxylic acid groups (broad SMARTS) is 1. The summed E-state index contributed by atoms with van der Waals surface area (Å²) in [7, 11) is -1.64.